The molecule has 122 valence electrons. The van der Waals surface area contributed by atoms with Crippen LogP contribution in [0, 0.1) is 0 Å². The molecule has 0 saturated carbocycles. The van der Waals surface area contributed by atoms with E-state index in [1.54, 1.807) is 18.2 Å². The molecule has 1 aromatic heterocycles. The van der Waals surface area contributed by atoms with Crippen molar-refractivity contribution in [3.05, 3.63) is 23.9 Å². The molecule has 0 aromatic carbocycles. The molecule has 0 aliphatic carbocycles. The molecule has 1 fully saturated rings. The SMILES string of the molecule is COCCN(C)c1ccc(CN2C[C@H](F)C[C@H]2C(N)=O)cn1. The summed E-state index contributed by atoms with van der Waals surface area (Å²) in [5.41, 5.74) is 6.27. The Morgan fingerprint density at radius 3 is 2.95 bits per heavy atom. The van der Waals surface area contributed by atoms with Crippen LogP contribution in [0.25, 0.3) is 0 Å². The Morgan fingerprint density at radius 1 is 1.59 bits per heavy atom. The number of pyridine rings is 1. The standard InChI is InChI=1S/C15H23FN4O2/c1-19(5-6-22-2)14-4-3-11(8-18-14)9-20-10-12(16)7-13(20)15(17)21/h3-4,8,12-13H,5-7,9-10H2,1-2H3,(H2,17,21)/t12-,13+/m1/s1. The van der Waals surface area contributed by atoms with Crippen molar-refractivity contribution in [1.29, 1.82) is 0 Å². The topological polar surface area (TPSA) is 71.7 Å². The molecule has 0 radical (unpaired) electrons. The second-order valence-electron chi connectivity index (χ2n) is 5.62. The zero-order valence-corrected chi connectivity index (χ0v) is 13.0. The molecule has 1 aliphatic rings. The molecule has 1 aliphatic heterocycles. The molecule has 0 unspecified atom stereocenters. The number of aromatic nitrogens is 1. The van der Waals surface area contributed by atoms with E-state index in [0.717, 1.165) is 17.9 Å². The largest absolute Gasteiger partial charge is 0.383 e. The van der Waals surface area contributed by atoms with Crippen molar-refractivity contribution in [2.75, 3.05) is 38.8 Å². The van der Waals surface area contributed by atoms with Gasteiger partial charge in [0.25, 0.3) is 0 Å². The summed E-state index contributed by atoms with van der Waals surface area (Å²) in [7, 11) is 3.60. The van der Waals surface area contributed by atoms with E-state index in [0.29, 0.717) is 13.2 Å². The summed E-state index contributed by atoms with van der Waals surface area (Å²) in [6, 6.07) is 3.32. The number of alkyl halides is 1. The van der Waals surface area contributed by atoms with Gasteiger partial charge in [0.2, 0.25) is 5.91 Å². The quantitative estimate of drug-likeness (QED) is 0.797. The van der Waals surface area contributed by atoms with Crippen LogP contribution in [0.2, 0.25) is 0 Å². The van der Waals surface area contributed by atoms with Gasteiger partial charge in [0.15, 0.2) is 0 Å². The number of ether oxygens (including phenoxy) is 1. The summed E-state index contributed by atoms with van der Waals surface area (Å²) in [6.07, 6.45) is 0.938. The first-order valence-corrected chi connectivity index (χ1v) is 7.33. The van der Waals surface area contributed by atoms with E-state index in [1.165, 1.54) is 0 Å². The maximum absolute atomic E-state index is 13.5. The Morgan fingerprint density at radius 2 is 2.36 bits per heavy atom. The summed E-state index contributed by atoms with van der Waals surface area (Å²) in [4.78, 5) is 19.5. The van der Waals surface area contributed by atoms with Crippen LogP contribution in [0.15, 0.2) is 18.3 Å². The first-order valence-electron chi connectivity index (χ1n) is 7.33. The number of hydrogen-bond donors (Lipinski definition) is 1. The lowest BCUT2D eigenvalue weighted by molar-refractivity contribution is -0.122. The van der Waals surface area contributed by atoms with E-state index in [4.69, 9.17) is 10.5 Å². The van der Waals surface area contributed by atoms with Crippen LogP contribution in [-0.2, 0) is 16.1 Å². The van der Waals surface area contributed by atoms with Crippen molar-refractivity contribution in [2.45, 2.75) is 25.2 Å². The Hall–Kier alpha value is -1.73. The summed E-state index contributed by atoms with van der Waals surface area (Å²) in [5, 5.41) is 0. The zero-order valence-electron chi connectivity index (χ0n) is 13.0. The summed E-state index contributed by atoms with van der Waals surface area (Å²) in [6.45, 7) is 2.10. The van der Waals surface area contributed by atoms with Crippen LogP contribution in [0.4, 0.5) is 10.2 Å². The molecule has 2 N–H and O–H groups in total. The van der Waals surface area contributed by atoms with Crippen molar-refractivity contribution in [1.82, 2.24) is 9.88 Å². The van der Waals surface area contributed by atoms with Crippen LogP contribution in [0.3, 0.4) is 0 Å². The van der Waals surface area contributed by atoms with Crippen LogP contribution < -0.4 is 10.6 Å². The van der Waals surface area contributed by atoms with Gasteiger partial charge >= 0.3 is 0 Å². The third kappa shape index (κ3) is 4.14. The number of rotatable bonds is 7. The molecule has 2 rings (SSSR count). The maximum Gasteiger partial charge on any atom is 0.234 e. The Kier molecular flexibility index (Phi) is 5.68. The highest BCUT2D eigenvalue weighted by molar-refractivity contribution is 5.80. The van der Waals surface area contributed by atoms with Crippen molar-refractivity contribution >= 4 is 11.7 Å². The number of likely N-dealkylation sites (N-methyl/N-ethyl adjacent to an activating group) is 1. The minimum atomic E-state index is -0.995. The highest BCUT2D eigenvalue weighted by Crippen LogP contribution is 2.22. The second-order valence-corrected chi connectivity index (χ2v) is 5.62. The Labute approximate surface area is 130 Å². The molecule has 7 heteroatoms. The number of carbonyl (C=O) groups excluding carboxylic acids is 1. The van der Waals surface area contributed by atoms with Crippen molar-refractivity contribution < 1.29 is 13.9 Å². The lowest BCUT2D eigenvalue weighted by Gasteiger charge is -2.22. The molecule has 0 bridgehead atoms. The fourth-order valence-electron chi connectivity index (χ4n) is 2.63. The minimum Gasteiger partial charge on any atom is -0.383 e. The number of nitrogens with zero attached hydrogens (tertiary/aromatic N) is 3. The molecule has 2 atom stereocenters. The van der Waals surface area contributed by atoms with Gasteiger partial charge in [-0.25, -0.2) is 9.37 Å². The highest BCUT2D eigenvalue weighted by atomic mass is 19.1. The molecule has 6 nitrogen and oxygen atoms in total. The summed E-state index contributed by atoms with van der Waals surface area (Å²) < 4.78 is 18.5. The zero-order chi connectivity index (χ0) is 16.1. The Balaban J connectivity index is 1.97. The number of anilines is 1. The van der Waals surface area contributed by atoms with Crippen molar-refractivity contribution in [3.8, 4) is 0 Å². The number of methoxy groups -OCH3 is 1. The number of carbonyl (C=O) groups is 1. The van der Waals surface area contributed by atoms with Crippen molar-refractivity contribution in [2.24, 2.45) is 5.73 Å². The van der Waals surface area contributed by atoms with Gasteiger partial charge in [-0.15, -0.1) is 0 Å². The number of amides is 1. The van der Waals surface area contributed by atoms with Crippen LogP contribution in [-0.4, -0.2) is 61.9 Å². The highest BCUT2D eigenvalue weighted by Gasteiger charge is 2.35. The van der Waals surface area contributed by atoms with E-state index < -0.39 is 18.1 Å². The lowest BCUT2D eigenvalue weighted by Crippen LogP contribution is -2.39. The number of hydrogen-bond acceptors (Lipinski definition) is 5. The molecule has 1 amide bonds. The fraction of sp³-hybridized carbons (Fsp3) is 0.600. The van der Waals surface area contributed by atoms with Gasteiger partial charge in [0.1, 0.15) is 12.0 Å². The monoisotopic (exact) mass is 310 g/mol. The summed E-state index contributed by atoms with van der Waals surface area (Å²) in [5.74, 6) is 0.376. The predicted octanol–water partition coefficient (Wildman–Crippen LogP) is 0.562. The molecule has 1 saturated heterocycles. The fourth-order valence-corrected chi connectivity index (χ4v) is 2.63. The van der Waals surface area contributed by atoms with Gasteiger partial charge in [0.05, 0.1) is 12.6 Å². The van der Waals surface area contributed by atoms with E-state index in [1.807, 2.05) is 24.1 Å². The van der Waals surface area contributed by atoms with Crippen molar-refractivity contribution in [3.63, 3.8) is 0 Å². The molecule has 0 spiro atoms. The second kappa shape index (κ2) is 7.51. The third-order valence-electron chi connectivity index (χ3n) is 3.90. The first kappa shape index (κ1) is 16.6. The van der Waals surface area contributed by atoms with Gasteiger partial charge in [-0.2, -0.15) is 0 Å². The maximum atomic E-state index is 13.5. The Bertz CT molecular complexity index is 497. The van der Waals surface area contributed by atoms with Crippen LogP contribution >= 0.6 is 0 Å². The summed E-state index contributed by atoms with van der Waals surface area (Å²) >= 11 is 0. The number of primary amides is 1. The smallest absolute Gasteiger partial charge is 0.234 e. The minimum absolute atomic E-state index is 0.181. The normalized spacial score (nSPS) is 22.0. The van der Waals surface area contributed by atoms with E-state index in [9.17, 15) is 9.18 Å². The van der Waals surface area contributed by atoms with Gasteiger partial charge in [0, 0.05) is 46.4 Å². The van der Waals surface area contributed by atoms with Gasteiger partial charge in [-0.3, -0.25) is 9.69 Å². The number of likely N-dealkylation sites (tertiary alicyclic amines) is 1. The molecule has 2 heterocycles. The first-order chi connectivity index (χ1) is 10.5. The molecule has 22 heavy (non-hydrogen) atoms. The average Bonchev–Trinajstić information content (AvgIpc) is 2.86. The van der Waals surface area contributed by atoms with Gasteiger partial charge < -0.3 is 15.4 Å². The van der Waals surface area contributed by atoms with Crippen LogP contribution in [0.5, 0.6) is 0 Å². The number of nitrogens with two attached hydrogens (primary N) is 1. The van der Waals surface area contributed by atoms with Crippen LogP contribution in [0.1, 0.15) is 12.0 Å². The van der Waals surface area contributed by atoms with E-state index in [2.05, 4.69) is 4.98 Å². The molecular formula is C15H23FN4O2. The molecule has 1 aromatic rings. The third-order valence-corrected chi connectivity index (χ3v) is 3.90. The lowest BCUT2D eigenvalue weighted by atomic mass is 10.2. The van der Waals surface area contributed by atoms with E-state index in [-0.39, 0.29) is 13.0 Å². The average molecular weight is 310 g/mol. The van der Waals surface area contributed by atoms with Gasteiger partial charge in [-0.1, -0.05) is 6.07 Å². The van der Waals surface area contributed by atoms with Gasteiger partial charge in [-0.05, 0) is 11.6 Å². The van der Waals surface area contributed by atoms with E-state index >= 15 is 0 Å². The molecular weight excluding hydrogens is 287 g/mol. The predicted molar refractivity (Wildman–Crippen MR) is 82.3 cm³/mol. The number of halogens is 1.